The summed E-state index contributed by atoms with van der Waals surface area (Å²) in [5.74, 6) is 0.418. The van der Waals surface area contributed by atoms with Gasteiger partial charge in [-0.15, -0.1) is 0 Å². The predicted octanol–water partition coefficient (Wildman–Crippen LogP) is 4.24. The van der Waals surface area contributed by atoms with Gasteiger partial charge in [-0.05, 0) is 48.7 Å². The Morgan fingerprint density at radius 2 is 1.77 bits per heavy atom. The molecule has 0 aliphatic carbocycles. The maximum atomic E-state index is 12.3. The molecule has 5 nitrogen and oxygen atoms in total. The summed E-state index contributed by atoms with van der Waals surface area (Å²) in [7, 11) is 0. The van der Waals surface area contributed by atoms with Gasteiger partial charge >= 0.3 is 0 Å². The summed E-state index contributed by atoms with van der Waals surface area (Å²) in [6.45, 7) is 4.64. The highest BCUT2D eigenvalue weighted by Crippen LogP contribution is 2.18. The van der Waals surface area contributed by atoms with Crippen LogP contribution in [0.15, 0.2) is 53.0 Å². The molecule has 2 N–H and O–H groups in total. The zero-order valence-electron chi connectivity index (χ0n) is 14.9. The van der Waals surface area contributed by atoms with Gasteiger partial charge in [0.15, 0.2) is 6.61 Å². The molecule has 0 saturated carbocycles. The van der Waals surface area contributed by atoms with Gasteiger partial charge in [0.2, 0.25) is 0 Å². The van der Waals surface area contributed by atoms with E-state index in [-0.39, 0.29) is 18.4 Å². The van der Waals surface area contributed by atoms with Crippen molar-refractivity contribution in [2.24, 2.45) is 5.92 Å². The van der Waals surface area contributed by atoms with E-state index in [1.807, 2.05) is 12.1 Å². The number of amides is 2. The summed E-state index contributed by atoms with van der Waals surface area (Å²) >= 11 is 3.34. The maximum Gasteiger partial charge on any atom is 0.262 e. The number of anilines is 1. The summed E-state index contributed by atoms with van der Waals surface area (Å²) in [6, 6.07) is 14.2. The lowest BCUT2D eigenvalue weighted by atomic mass is 10.1. The highest BCUT2D eigenvalue weighted by Gasteiger charge is 2.13. The van der Waals surface area contributed by atoms with Gasteiger partial charge in [0.05, 0.1) is 5.56 Å². The van der Waals surface area contributed by atoms with Gasteiger partial charge in [-0.1, -0.05) is 41.9 Å². The van der Waals surface area contributed by atoms with Crippen LogP contribution in [0.25, 0.3) is 0 Å². The zero-order valence-corrected chi connectivity index (χ0v) is 16.5. The molecule has 0 unspecified atom stereocenters. The highest BCUT2D eigenvalue weighted by molar-refractivity contribution is 9.10. The van der Waals surface area contributed by atoms with Crippen molar-refractivity contribution >= 4 is 33.4 Å². The normalized spacial score (nSPS) is 10.5. The molecule has 0 heterocycles. The Kier molecular flexibility index (Phi) is 7.66. The SMILES string of the molecule is CC(C)CCNC(=O)c1ccccc1OCC(=O)Nc1ccc(Br)cc1. The number of halogens is 1. The van der Waals surface area contributed by atoms with Crippen LogP contribution in [0, 0.1) is 5.92 Å². The average Bonchev–Trinajstić information content (AvgIpc) is 2.62. The van der Waals surface area contributed by atoms with Crippen molar-refractivity contribution in [1.82, 2.24) is 5.32 Å². The fourth-order valence-electron chi connectivity index (χ4n) is 2.22. The molecule has 0 radical (unpaired) electrons. The van der Waals surface area contributed by atoms with Crippen molar-refractivity contribution in [3.05, 3.63) is 58.6 Å². The highest BCUT2D eigenvalue weighted by atomic mass is 79.9. The minimum atomic E-state index is -0.289. The van der Waals surface area contributed by atoms with Crippen LogP contribution in [-0.4, -0.2) is 25.0 Å². The lowest BCUT2D eigenvalue weighted by Crippen LogP contribution is -2.26. The molecule has 2 rings (SSSR count). The van der Waals surface area contributed by atoms with E-state index in [1.165, 1.54) is 0 Å². The first-order valence-electron chi connectivity index (χ1n) is 8.51. The van der Waals surface area contributed by atoms with E-state index in [2.05, 4.69) is 40.4 Å². The van der Waals surface area contributed by atoms with E-state index in [1.54, 1.807) is 36.4 Å². The van der Waals surface area contributed by atoms with E-state index in [4.69, 9.17) is 4.74 Å². The van der Waals surface area contributed by atoms with Crippen LogP contribution in [0.1, 0.15) is 30.6 Å². The summed E-state index contributed by atoms with van der Waals surface area (Å²) in [5, 5.41) is 5.63. The van der Waals surface area contributed by atoms with Crippen LogP contribution in [0.2, 0.25) is 0 Å². The molecular weight excluding hydrogens is 396 g/mol. The number of ether oxygens (including phenoxy) is 1. The van der Waals surface area contributed by atoms with E-state index >= 15 is 0 Å². The van der Waals surface area contributed by atoms with Crippen molar-refractivity contribution in [3.63, 3.8) is 0 Å². The van der Waals surface area contributed by atoms with Gasteiger partial charge in [0, 0.05) is 16.7 Å². The second-order valence-corrected chi connectivity index (χ2v) is 7.19. The second kappa shape index (κ2) is 9.97. The summed E-state index contributed by atoms with van der Waals surface area (Å²) in [4.78, 5) is 24.4. The molecule has 0 fully saturated rings. The molecule has 0 atom stereocenters. The molecule has 0 aliphatic heterocycles. The first-order valence-corrected chi connectivity index (χ1v) is 9.30. The van der Waals surface area contributed by atoms with Crippen molar-refractivity contribution < 1.29 is 14.3 Å². The van der Waals surface area contributed by atoms with Crippen molar-refractivity contribution in [3.8, 4) is 5.75 Å². The number of hydrogen-bond donors (Lipinski definition) is 2. The van der Waals surface area contributed by atoms with Crippen LogP contribution in [0.5, 0.6) is 5.75 Å². The Hall–Kier alpha value is -2.34. The van der Waals surface area contributed by atoms with Gasteiger partial charge in [0.25, 0.3) is 11.8 Å². The monoisotopic (exact) mass is 418 g/mol. The van der Waals surface area contributed by atoms with Gasteiger partial charge in [-0.3, -0.25) is 9.59 Å². The van der Waals surface area contributed by atoms with Crippen molar-refractivity contribution in [2.75, 3.05) is 18.5 Å². The number of carbonyl (C=O) groups is 2. The Morgan fingerprint density at radius 3 is 2.46 bits per heavy atom. The number of rotatable bonds is 8. The first kappa shape index (κ1) is 20.0. The standard InChI is InChI=1S/C20H23BrN2O3/c1-14(2)11-12-22-20(25)17-5-3-4-6-18(17)26-13-19(24)23-16-9-7-15(21)8-10-16/h3-10,14H,11-13H2,1-2H3,(H,22,25)(H,23,24). The third kappa shape index (κ3) is 6.52. The molecular formula is C20H23BrN2O3. The minimum absolute atomic E-state index is 0.174. The molecule has 0 spiro atoms. The topological polar surface area (TPSA) is 67.4 Å². The third-order valence-corrected chi connectivity index (χ3v) is 4.15. The molecule has 2 amide bonds. The van der Waals surface area contributed by atoms with E-state index in [0.29, 0.717) is 29.5 Å². The van der Waals surface area contributed by atoms with E-state index in [9.17, 15) is 9.59 Å². The fraction of sp³-hybridized carbons (Fsp3) is 0.300. The van der Waals surface area contributed by atoms with Gasteiger partial charge in [-0.25, -0.2) is 0 Å². The van der Waals surface area contributed by atoms with Crippen LogP contribution in [-0.2, 0) is 4.79 Å². The lowest BCUT2D eigenvalue weighted by molar-refractivity contribution is -0.118. The Morgan fingerprint density at radius 1 is 1.08 bits per heavy atom. The summed E-state index contributed by atoms with van der Waals surface area (Å²) < 4.78 is 6.50. The van der Waals surface area contributed by atoms with Crippen LogP contribution >= 0.6 is 15.9 Å². The molecule has 0 aliphatic rings. The number of para-hydroxylation sites is 1. The lowest BCUT2D eigenvalue weighted by Gasteiger charge is -2.12. The average molecular weight is 419 g/mol. The number of carbonyl (C=O) groups excluding carboxylic acids is 2. The molecule has 0 saturated heterocycles. The quantitative estimate of drug-likeness (QED) is 0.673. The minimum Gasteiger partial charge on any atom is -0.483 e. The summed E-state index contributed by atoms with van der Waals surface area (Å²) in [6.07, 6.45) is 0.907. The molecule has 0 bridgehead atoms. The Balaban J connectivity index is 1.91. The van der Waals surface area contributed by atoms with Gasteiger partial charge in [-0.2, -0.15) is 0 Å². The molecule has 138 valence electrons. The van der Waals surface area contributed by atoms with Crippen LogP contribution in [0.4, 0.5) is 5.69 Å². The van der Waals surface area contributed by atoms with Crippen molar-refractivity contribution in [2.45, 2.75) is 20.3 Å². The molecule has 2 aromatic carbocycles. The molecule has 2 aromatic rings. The van der Waals surface area contributed by atoms with E-state index in [0.717, 1.165) is 10.9 Å². The smallest absolute Gasteiger partial charge is 0.262 e. The molecule has 26 heavy (non-hydrogen) atoms. The van der Waals surface area contributed by atoms with Gasteiger partial charge < -0.3 is 15.4 Å². The third-order valence-electron chi connectivity index (χ3n) is 3.63. The van der Waals surface area contributed by atoms with Crippen LogP contribution < -0.4 is 15.4 Å². The fourth-order valence-corrected chi connectivity index (χ4v) is 2.49. The van der Waals surface area contributed by atoms with Gasteiger partial charge in [0.1, 0.15) is 5.75 Å². The van der Waals surface area contributed by atoms with E-state index < -0.39 is 0 Å². The largest absolute Gasteiger partial charge is 0.483 e. The van der Waals surface area contributed by atoms with Crippen molar-refractivity contribution in [1.29, 1.82) is 0 Å². The predicted molar refractivity (Wildman–Crippen MR) is 106 cm³/mol. The first-order chi connectivity index (χ1) is 12.5. The Labute approximate surface area is 162 Å². The maximum absolute atomic E-state index is 12.3. The number of hydrogen-bond acceptors (Lipinski definition) is 3. The Bertz CT molecular complexity index is 745. The number of benzene rings is 2. The summed E-state index contributed by atoms with van der Waals surface area (Å²) in [5.41, 5.74) is 1.11. The number of nitrogens with one attached hydrogen (secondary N) is 2. The molecule has 6 heteroatoms. The second-order valence-electron chi connectivity index (χ2n) is 6.28. The zero-order chi connectivity index (χ0) is 18.9. The van der Waals surface area contributed by atoms with Crippen LogP contribution in [0.3, 0.4) is 0 Å². The molecule has 0 aromatic heterocycles.